The molecule has 2 aliphatic rings. The van der Waals surface area contributed by atoms with Crippen LogP contribution in [0, 0.1) is 0 Å². The number of hydrogen-bond acceptors (Lipinski definition) is 10. The Labute approximate surface area is 349 Å². The molecule has 6 rings (SSSR count). The van der Waals surface area contributed by atoms with E-state index in [0.717, 1.165) is 98.5 Å². The van der Waals surface area contributed by atoms with Gasteiger partial charge in [0.1, 0.15) is 17.2 Å². The highest BCUT2D eigenvalue weighted by molar-refractivity contribution is 7.59. The first kappa shape index (κ1) is 51.9. The van der Waals surface area contributed by atoms with Crippen molar-refractivity contribution in [3.05, 3.63) is 48.0 Å². The number of alkyl carbamates (subject to hydrolysis) is 1. The molecule has 4 aromatic rings. The molecule has 2 aliphatic carbocycles. The number of aromatic nitrogens is 6. The number of aldehydes is 1. The summed E-state index contributed by atoms with van der Waals surface area (Å²) in [6.45, 7) is 9.94. The number of halogens is 3. The van der Waals surface area contributed by atoms with Crippen LogP contribution in [-0.4, -0.2) is 77.5 Å². The molecule has 13 nitrogen and oxygen atoms in total. The van der Waals surface area contributed by atoms with Gasteiger partial charge in [-0.1, -0.05) is 26.7 Å². The molecule has 2 fully saturated rings. The van der Waals surface area contributed by atoms with Gasteiger partial charge < -0.3 is 26.4 Å². The highest BCUT2D eigenvalue weighted by Gasteiger charge is 2.28. The lowest BCUT2D eigenvalue weighted by Gasteiger charge is -2.22. The summed E-state index contributed by atoms with van der Waals surface area (Å²) < 4.78 is 40.3. The normalized spacial score (nSPS) is 18.8. The smallest absolute Gasteiger partial charge is 0.444 e. The van der Waals surface area contributed by atoms with Crippen molar-refractivity contribution in [3.8, 4) is 0 Å². The minimum absolute atomic E-state index is 0. The Morgan fingerprint density at radius 2 is 1.25 bits per heavy atom. The monoisotopic (exact) mass is 852 g/mol. The van der Waals surface area contributed by atoms with Gasteiger partial charge in [-0.3, -0.25) is 4.79 Å². The summed E-state index contributed by atoms with van der Waals surface area (Å²) in [5.41, 5.74) is 9.47. The van der Waals surface area contributed by atoms with Crippen molar-refractivity contribution in [2.75, 3.05) is 10.6 Å². The number of aryl methyl sites for hydroxylation is 2. The number of carbonyl (C=O) groups is 2. The SMILES string of the molecule is CCCc1cc(N[C@H]2CC[C@H](N)C2)n2nccc2n1.CCCc1cc(N[C@H]2CC[C@H](NC(=O)OC(C)(C)C)C2)n2nccc2n1.O=CC(F)(F)F.S.S.S.S. The van der Waals surface area contributed by atoms with Crippen molar-refractivity contribution in [2.24, 2.45) is 5.73 Å². The number of rotatable bonds is 9. The average molecular weight is 853 g/mol. The minimum Gasteiger partial charge on any atom is -0.444 e. The van der Waals surface area contributed by atoms with Crippen molar-refractivity contribution >= 4 is 89.3 Å². The molecular formula is C35H59F3N10O3S4. The Morgan fingerprint density at radius 1 is 0.818 bits per heavy atom. The summed E-state index contributed by atoms with van der Waals surface area (Å²) in [5, 5.41) is 18.9. The van der Waals surface area contributed by atoms with Gasteiger partial charge in [-0.25, -0.2) is 14.8 Å². The van der Waals surface area contributed by atoms with Crippen LogP contribution in [0.15, 0.2) is 36.7 Å². The second kappa shape index (κ2) is 23.9. The maximum atomic E-state index is 12.0. The zero-order chi connectivity index (χ0) is 37.2. The molecule has 0 aliphatic heterocycles. The third-order valence-corrected chi connectivity index (χ3v) is 8.30. The van der Waals surface area contributed by atoms with E-state index in [-0.39, 0.29) is 66.1 Å². The van der Waals surface area contributed by atoms with Crippen LogP contribution in [0.5, 0.6) is 0 Å². The van der Waals surface area contributed by atoms with E-state index in [1.165, 1.54) is 0 Å². The number of nitrogens with two attached hydrogens (primary N) is 1. The lowest BCUT2D eigenvalue weighted by Crippen LogP contribution is -2.38. The third-order valence-electron chi connectivity index (χ3n) is 8.30. The summed E-state index contributed by atoms with van der Waals surface area (Å²) in [6, 6.07) is 9.29. The molecule has 4 atom stereocenters. The van der Waals surface area contributed by atoms with E-state index < -0.39 is 18.1 Å². The van der Waals surface area contributed by atoms with Crippen LogP contribution in [0.3, 0.4) is 0 Å². The maximum Gasteiger partial charge on any atom is 0.446 e. The molecule has 20 heteroatoms. The van der Waals surface area contributed by atoms with Gasteiger partial charge in [-0.2, -0.15) is 86.4 Å². The molecule has 4 heterocycles. The number of nitrogens with zero attached hydrogens (tertiary/aromatic N) is 6. The van der Waals surface area contributed by atoms with Gasteiger partial charge in [0.2, 0.25) is 6.29 Å². The molecule has 2 saturated carbocycles. The second-order valence-electron chi connectivity index (χ2n) is 14.0. The first-order chi connectivity index (χ1) is 24.2. The second-order valence-corrected chi connectivity index (χ2v) is 14.0. The molecular weight excluding hydrogens is 794 g/mol. The summed E-state index contributed by atoms with van der Waals surface area (Å²) in [5.74, 6) is 2.00. The van der Waals surface area contributed by atoms with Crippen LogP contribution in [0.4, 0.5) is 29.6 Å². The number of amides is 1. The lowest BCUT2D eigenvalue weighted by molar-refractivity contribution is -0.156. The summed E-state index contributed by atoms with van der Waals surface area (Å²) in [6.07, 6.45) is 7.70. The van der Waals surface area contributed by atoms with Gasteiger partial charge in [-0.15, -0.1) is 0 Å². The van der Waals surface area contributed by atoms with E-state index in [4.69, 9.17) is 15.3 Å². The van der Waals surface area contributed by atoms with Crippen LogP contribution in [0.25, 0.3) is 11.3 Å². The fourth-order valence-electron chi connectivity index (χ4n) is 6.19. The van der Waals surface area contributed by atoms with E-state index in [1.807, 2.05) is 41.9 Å². The van der Waals surface area contributed by atoms with Crippen LogP contribution in [0.2, 0.25) is 0 Å². The van der Waals surface area contributed by atoms with Crippen LogP contribution < -0.4 is 21.7 Å². The molecule has 0 unspecified atom stereocenters. The number of anilines is 2. The van der Waals surface area contributed by atoms with Crippen molar-refractivity contribution < 1.29 is 27.5 Å². The first-order valence-electron chi connectivity index (χ1n) is 17.6. The van der Waals surface area contributed by atoms with Crippen LogP contribution in [-0.2, 0) is 22.4 Å². The number of hydrogen-bond donors (Lipinski definition) is 4. The molecule has 0 radical (unpaired) electrons. The van der Waals surface area contributed by atoms with Gasteiger partial charge in [0, 0.05) is 59.8 Å². The standard InChI is InChI=1S/C19H29N5O2.C14H21N5.C2HF3O.4H2S/c1-5-6-13-12-17(24-16(21-13)9-10-20-24)22-14-7-8-15(11-14)23-18(25)26-19(2,3)4;1-2-3-11-9-14(18-12-5-4-10(15)8-12)19-13(17-11)6-7-16-19;3-2(4,5)1-6;;;;/h9-10,12,14-15,22H,5-8,11H2,1-4H3,(H,23,25);6-7,9-10,12,18H,2-5,8,15H2,1H3;1H;4*1H2/t14-,15-;10-,12-;;;;;/m00...../s1. The first-order valence-corrected chi connectivity index (χ1v) is 17.6. The molecule has 4 aromatic heterocycles. The fourth-order valence-corrected chi connectivity index (χ4v) is 6.19. The van der Waals surface area contributed by atoms with E-state index in [1.54, 1.807) is 12.4 Å². The maximum absolute atomic E-state index is 12.0. The molecule has 0 spiro atoms. The zero-order valence-electron chi connectivity index (χ0n) is 32.0. The number of fused-ring (bicyclic) bond motifs is 2. The topological polar surface area (TPSA) is 166 Å². The number of nitrogens with one attached hydrogen (secondary N) is 3. The highest BCUT2D eigenvalue weighted by atomic mass is 32.1. The number of ether oxygens (including phenoxy) is 1. The third kappa shape index (κ3) is 16.9. The Morgan fingerprint density at radius 3 is 1.65 bits per heavy atom. The Balaban J connectivity index is 0.000000891. The van der Waals surface area contributed by atoms with Gasteiger partial charge >= 0.3 is 12.3 Å². The summed E-state index contributed by atoms with van der Waals surface area (Å²) >= 11 is 0. The summed E-state index contributed by atoms with van der Waals surface area (Å²) in [4.78, 5) is 29.9. The summed E-state index contributed by atoms with van der Waals surface area (Å²) in [7, 11) is 0. The lowest BCUT2D eigenvalue weighted by atomic mass is 10.2. The Kier molecular flexibility index (Phi) is 22.5. The zero-order valence-corrected chi connectivity index (χ0v) is 36.0. The van der Waals surface area contributed by atoms with E-state index in [0.29, 0.717) is 18.1 Å². The van der Waals surface area contributed by atoms with Gasteiger partial charge in [0.25, 0.3) is 0 Å². The molecule has 0 aromatic carbocycles. The van der Waals surface area contributed by atoms with E-state index in [2.05, 4.69) is 62.1 Å². The molecule has 55 heavy (non-hydrogen) atoms. The van der Waals surface area contributed by atoms with Gasteiger partial charge in [-0.05, 0) is 72.1 Å². The molecule has 312 valence electrons. The molecule has 0 saturated heterocycles. The predicted octanol–water partition coefficient (Wildman–Crippen LogP) is 6.71. The molecule has 0 bridgehead atoms. The van der Waals surface area contributed by atoms with E-state index in [9.17, 15) is 18.0 Å². The highest BCUT2D eigenvalue weighted by Crippen LogP contribution is 2.25. The Hall–Kier alpha value is -3.07. The Bertz CT molecular complexity index is 1740. The largest absolute Gasteiger partial charge is 0.446 e. The van der Waals surface area contributed by atoms with Crippen LogP contribution >= 0.6 is 54.0 Å². The fraction of sp³-hybridized carbons (Fsp3) is 0.600. The van der Waals surface area contributed by atoms with Crippen molar-refractivity contribution in [3.63, 3.8) is 0 Å². The molecule has 1 amide bonds. The van der Waals surface area contributed by atoms with Crippen molar-refractivity contribution in [1.82, 2.24) is 34.5 Å². The number of carbonyl (C=O) groups excluding carboxylic acids is 2. The van der Waals surface area contributed by atoms with E-state index >= 15 is 0 Å². The van der Waals surface area contributed by atoms with Crippen molar-refractivity contribution in [2.45, 2.75) is 135 Å². The average Bonchev–Trinajstić information content (AvgIpc) is 3.86. The minimum atomic E-state index is -4.64. The van der Waals surface area contributed by atoms with Crippen LogP contribution in [0.1, 0.15) is 97.4 Å². The number of alkyl halides is 3. The van der Waals surface area contributed by atoms with Gasteiger partial charge in [0.15, 0.2) is 11.3 Å². The predicted molar refractivity (Wildman–Crippen MR) is 231 cm³/mol. The van der Waals surface area contributed by atoms with Gasteiger partial charge in [0.05, 0.1) is 12.4 Å². The van der Waals surface area contributed by atoms with Crippen molar-refractivity contribution in [1.29, 1.82) is 0 Å². The quantitative estimate of drug-likeness (QED) is 0.133. The molecule has 5 N–H and O–H groups in total.